The van der Waals surface area contributed by atoms with E-state index < -0.39 is 30.4 Å². The molecule has 1 aliphatic heterocycles. The number of hydrogen-bond donors (Lipinski definition) is 1. The number of halogens is 1. The zero-order valence-corrected chi connectivity index (χ0v) is 26.9. The van der Waals surface area contributed by atoms with E-state index in [1.807, 2.05) is 4.90 Å². The number of nitrogens with one attached hydrogen (secondary N) is 1. The maximum atomic E-state index is 13.6. The average molecular weight is 608 g/mol. The summed E-state index contributed by atoms with van der Waals surface area (Å²) >= 11 is 6.04. The molecule has 4 rings (SSSR count). The number of hydrogen-bond acceptors (Lipinski definition) is 5. The van der Waals surface area contributed by atoms with Gasteiger partial charge in [-0.05, 0) is 85.3 Å². The summed E-state index contributed by atoms with van der Waals surface area (Å²) in [6, 6.07) is 8.41. The number of fused-ring (bicyclic) bond motifs is 1. The summed E-state index contributed by atoms with van der Waals surface area (Å²) in [5, 5.41) is 2.21. The lowest BCUT2D eigenvalue weighted by atomic mass is 10.1. The molecule has 0 aromatic heterocycles. The summed E-state index contributed by atoms with van der Waals surface area (Å²) in [6.07, 6.45) is 2.51. The van der Waals surface area contributed by atoms with Gasteiger partial charge >= 0.3 is 0 Å². The lowest BCUT2D eigenvalue weighted by Gasteiger charge is -2.37. The van der Waals surface area contributed by atoms with Crippen molar-refractivity contribution in [2.75, 3.05) is 26.2 Å². The Kier molecular flexibility index (Phi) is 9.07. The van der Waals surface area contributed by atoms with Crippen molar-refractivity contribution >= 4 is 52.5 Å². The number of benzene rings is 2. The van der Waals surface area contributed by atoms with Gasteiger partial charge in [0.2, 0.25) is 21.8 Å². The van der Waals surface area contributed by atoms with Crippen LogP contribution in [0.2, 0.25) is 23.2 Å². The molecule has 2 fully saturated rings. The highest BCUT2D eigenvalue weighted by molar-refractivity contribution is 7.89. The van der Waals surface area contributed by atoms with Crippen LogP contribution in [0.1, 0.15) is 47.0 Å². The van der Waals surface area contributed by atoms with Crippen LogP contribution >= 0.6 is 11.6 Å². The van der Waals surface area contributed by atoms with Gasteiger partial charge in [-0.1, -0.05) is 44.5 Å². The first-order chi connectivity index (χ1) is 18.6. The van der Waals surface area contributed by atoms with Gasteiger partial charge in [-0.3, -0.25) is 9.59 Å². The molecule has 1 heterocycles. The molecule has 2 unspecified atom stereocenters. The van der Waals surface area contributed by atoms with Crippen molar-refractivity contribution < 1.29 is 22.4 Å². The summed E-state index contributed by atoms with van der Waals surface area (Å²) < 4.78 is 35.2. The van der Waals surface area contributed by atoms with Gasteiger partial charge in [-0.2, -0.15) is 4.72 Å². The van der Waals surface area contributed by atoms with E-state index in [0.29, 0.717) is 43.6 Å². The molecule has 2 atom stereocenters. The SMILES string of the molecule is CC(C(=O)N(CCO[Si](C)(C)C(C)(C)C)CC1CC1)N1CCC(NS(=O)(=O)c2ccc3cc(Cl)ccc3c2)C1=O. The van der Waals surface area contributed by atoms with Crippen molar-refractivity contribution in [2.24, 2.45) is 5.92 Å². The van der Waals surface area contributed by atoms with Crippen LogP contribution < -0.4 is 4.72 Å². The van der Waals surface area contributed by atoms with Crippen LogP contribution in [0.5, 0.6) is 0 Å². The molecule has 1 N–H and O–H groups in total. The second-order valence-corrected chi connectivity index (χ2v) is 19.6. The highest BCUT2D eigenvalue weighted by Gasteiger charge is 2.41. The number of rotatable bonds is 11. The monoisotopic (exact) mass is 607 g/mol. The Morgan fingerprint density at radius 3 is 2.45 bits per heavy atom. The van der Waals surface area contributed by atoms with E-state index in [1.54, 1.807) is 37.3 Å². The molecule has 1 aliphatic carbocycles. The standard InChI is InChI=1S/C29H42ClN3O5SSi/c1-20(27(34)32(19-21-7-8-21)15-16-38-40(5,6)29(2,3)4)33-14-13-26(28(33)35)31-39(36,37)25-12-10-22-17-24(30)11-9-23(22)18-25/h9-12,17-18,20-21,26,31H,7-8,13-16,19H2,1-6H3. The van der Waals surface area contributed by atoms with E-state index >= 15 is 0 Å². The third-order valence-corrected chi connectivity index (χ3v) is 14.8. The second kappa shape index (κ2) is 11.7. The maximum absolute atomic E-state index is 13.6. The van der Waals surface area contributed by atoms with Gasteiger partial charge in [0.25, 0.3) is 0 Å². The molecule has 2 aliphatic rings. The predicted octanol–water partition coefficient (Wildman–Crippen LogP) is 5.02. The molecule has 0 radical (unpaired) electrons. The first-order valence-electron chi connectivity index (χ1n) is 14.0. The topological polar surface area (TPSA) is 96.0 Å². The van der Waals surface area contributed by atoms with Gasteiger partial charge in [-0.15, -0.1) is 0 Å². The van der Waals surface area contributed by atoms with Crippen LogP contribution in [0.4, 0.5) is 0 Å². The highest BCUT2D eigenvalue weighted by atomic mass is 35.5. The summed E-state index contributed by atoms with van der Waals surface area (Å²) in [5.41, 5.74) is 0. The molecule has 2 amide bonds. The van der Waals surface area contributed by atoms with E-state index in [1.165, 1.54) is 11.0 Å². The van der Waals surface area contributed by atoms with Crippen molar-refractivity contribution in [3.63, 3.8) is 0 Å². The number of amides is 2. The summed E-state index contributed by atoms with van der Waals surface area (Å²) in [6.45, 7) is 14.6. The first-order valence-corrected chi connectivity index (χ1v) is 18.8. The average Bonchev–Trinajstić information content (AvgIpc) is 3.63. The van der Waals surface area contributed by atoms with Crippen molar-refractivity contribution in [3.05, 3.63) is 41.4 Å². The third kappa shape index (κ3) is 7.07. The van der Waals surface area contributed by atoms with Crippen LogP contribution in [0.25, 0.3) is 10.8 Å². The Morgan fingerprint density at radius 1 is 1.15 bits per heavy atom. The molecule has 2 aromatic carbocycles. The minimum absolute atomic E-state index is 0.0787. The largest absolute Gasteiger partial charge is 0.415 e. The fraction of sp³-hybridized carbons (Fsp3) is 0.586. The molecule has 220 valence electrons. The van der Waals surface area contributed by atoms with E-state index in [2.05, 4.69) is 38.6 Å². The smallest absolute Gasteiger partial charge is 0.245 e. The van der Waals surface area contributed by atoms with Crippen LogP contribution in [0.15, 0.2) is 41.3 Å². The number of carbonyl (C=O) groups is 2. The van der Waals surface area contributed by atoms with Crippen LogP contribution in [-0.4, -0.2) is 76.7 Å². The molecule has 11 heteroatoms. The van der Waals surface area contributed by atoms with Crippen LogP contribution in [0, 0.1) is 5.92 Å². The normalized spacial score (nSPS) is 19.3. The highest BCUT2D eigenvalue weighted by Crippen LogP contribution is 2.36. The number of sulfonamides is 1. The first kappa shape index (κ1) is 31.0. The fourth-order valence-corrected chi connectivity index (χ4v) is 7.22. The molecular formula is C29H42ClN3O5SSi. The molecule has 8 nitrogen and oxygen atoms in total. The van der Waals surface area contributed by atoms with E-state index in [9.17, 15) is 18.0 Å². The third-order valence-electron chi connectivity index (χ3n) is 8.56. The summed E-state index contributed by atoms with van der Waals surface area (Å²) in [7, 11) is -5.89. The maximum Gasteiger partial charge on any atom is 0.245 e. The van der Waals surface area contributed by atoms with Gasteiger partial charge in [0, 0.05) is 24.7 Å². The van der Waals surface area contributed by atoms with E-state index in [0.717, 1.165) is 23.6 Å². The number of likely N-dealkylation sites (tertiary alicyclic amines) is 1. The van der Waals surface area contributed by atoms with Gasteiger partial charge in [0.15, 0.2) is 8.32 Å². The second-order valence-electron chi connectivity index (χ2n) is 12.7. The summed E-state index contributed by atoms with van der Waals surface area (Å²) in [5.74, 6) is 0.00695. The Bertz CT molecular complexity index is 1370. The van der Waals surface area contributed by atoms with Crippen molar-refractivity contribution in [2.45, 2.75) is 82.1 Å². The lowest BCUT2D eigenvalue weighted by Crippen LogP contribution is -2.51. The molecule has 40 heavy (non-hydrogen) atoms. The Balaban J connectivity index is 1.40. The Hall–Kier alpha value is -1.98. The lowest BCUT2D eigenvalue weighted by molar-refractivity contribution is -0.143. The van der Waals surface area contributed by atoms with Crippen molar-refractivity contribution in [1.29, 1.82) is 0 Å². The predicted molar refractivity (Wildman–Crippen MR) is 161 cm³/mol. The van der Waals surface area contributed by atoms with Crippen LogP contribution in [0.3, 0.4) is 0 Å². The minimum atomic E-state index is -3.95. The number of carbonyl (C=O) groups excluding carboxylic acids is 2. The Morgan fingerprint density at radius 2 is 1.80 bits per heavy atom. The molecule has 2 aromatic rings. The molecular weight excluding hydrogens is 566 g/mol. The van der Waals surface area contributed by atoms with E-state index in [-0.39, 0.29) is 21.7 Å². The van der Waals surface area contributed by atoms with E-state index in [4.69, 9.17) is 16.0 Å². The molecule has 1 saturated heterocycles. The summed E-state index contributed by atoms with van der Waals surface area (Å²) in [4.78, 5) is 30.3. The van der Waals surface area contributed by atoms with Gasteiger partial charge in [-0.25, -0.2) is 8.42 Å². The zero-order chi connectivity index (χ0) is 29.5. The molecule has 1 saturated carbocycles. The van der Waals surface area contributed by atoms with Crippen molar-refractivity contribution in [1.82, 2.24) is 14.5 Å². The van der Waals surface area contributed by atoms with Crippen LogP contribution in [-0.2, 0) is 24.0 Å². The zero-order valence-electron chi connectivity index (χ0n) is 24.4. The van der Waals surface area contributed by atoms with Gasteiger partial charge in [0.1, 0.15) is 12.1 Å². The molecule has 0 spiro atoms. The van der Waals surface area contributed by atoms with Gasteiger partial charge < -0.3 is 14.2 Å². The van der Waals surface area contributed by atoms with Crippen molar-refractivity contribution in [3.8, 4) is 0 Å². The Labute approximate surface area is 244 Å². The van der Waals surface area contributed by atoms with Gasteiger partial charge in [0.05, 0.1) is 11.5 Å². The quantitative estimate of drug-likeness (QED) is 0.362. The minimum Gasteiger partial charge on any atom is -0.415 e. The fourth-order valence-electron chi connectivity index (χ4n) is 4.74. The molecule has 0 bridgehead atoms. The number of nitrogens with zero attached hydrogens (tertiary/aromatic N) is 2.